The normalized spacial score (nSPS) is 32.2. The number of hydrogen-bond acceptors (Lipinski definition) is 1. The fraction of sp³-hybridized carbons (Fsp3) is 0.966. The molecular weight excluding hydrogens is 364 g/mol. The molecule has 0 N–H and O–H groups in total. The zero-order chi connectivity index (χ0) is 21.0. The van der Waals surface area contributed by atoms with Crippen molar-refractivity contribution in [2.75, 3.05) is 0 Å². The lowest BCUT2D eigenvalue weighted by atomic mass is 9.66. The standard InChI is InChI=1S/C29H52O/c1-2-3-4-5-6-7-8-9-10-11-24-12-14-25(15-13-24)16-17-26-18-19-28-23-29(30)21-20-27(28)22-26/h24-28H,2-23H2,1H3. The van der Waals surface area contributed by atoms with Gasteiger partial charge in [-0.1, -0.05) is 116 Å². The summed E-state index contributed by atoms with van der Waals surface area (Å²) in [5.74, 6) is 5.29. The number of carbonyl (C=O) groups excluding carboxylic acids is 1. The Morgan fingerprint density at radius 2 is 1.17 bits per heavy atom. The predicted molar refractivity (Wildman–Crippen MR) is 130 cm³/mol. The maximum absolute atomic E-state index is 11.7. The zero-order valence-electron chi connectivity index (χ0n) is 20.4. The highest BCUT2D eigenvalue weighted by molar-refractivity contribution is 5.79. The van der Waals surface area contributed by atoms with Crippen LogP contribution in [0.15, 0.2) is 0 Å². The highest BCUT2D eigenvalue weighted by Crippen LogP contribution is 2.44. The fourth-order valence-electron chi connectivity index (χ4n) is 7.07. The predicted octanol–water partition coefficient (Wildman–Crippen LogP) is 9.28. The first-order valence-electron chi connectivity index (χ1n) is 14.3. The van der Waals surface area contributed by atoms with E-state index in [1.807, 2.05) is 0 Å². The van der Waals surface area contributed by atoms with E-state index in [4.69, 9.17) is 0 Å². The number of rotatable bonds is 13. The summed E-state index contributed by atoms with van der Waals surface area (Å²) in [6, 6.07) is 0. The van der Waals surface area contributed by atoms with Crippen molar-refractivity contribution in [1.82, 2.24) is 0 Å². The second-order valence-electron chi connectivity index (χ2n) is 11.6. The SMILES string of the molecule is CCCCCCCCCCCC1CCC(CCC2CCC3CC(=O)CCC3C2)CC1. The minimum atomic E-state index is 0.550. The zero-order valence-corrected chi connectivity index (χ0v) is 20.4. The van der Waals surface area contributed by atoms with Crippen LogP contribution in [0.25, 0.3) is 0 Å². The lowest BCUT2D eigenvalue weighted by molar-refractivity contribution is -0.123. The van der Waals surface area contributed by atoms with E-state index in [0.29, 0.717) is 5.78 Å². The van der Waals surface area contributed by atoms with Crippen molar-refractivity contribution in [2.45, 2.75) is 148 Å². The number of fused-ring (bicyclic) bond motifs is 1. The third kappa shape index (κ3) is 8.66. The summed E-state index contributed by atoms with van der Waals surface area (Å²) >= 11 is 0. The first kappa shape index (κ1) is 24.3. The Morgan fingerprint density at radius 3 is 1.87 bits per heavy atom. The third-order valence-corrected chi connectivity index (χ3v) is 9.20. The molecule has 174 valence electrons. The van der Waals surface area contributed by atoms with Crippen LogP contribution in [0.2, 0.25) is 0 Å². The van der Waals surface area contributed by atoms with Crippen LogP contribution >= 0.6 is 0 Å². The molecule has 0 aromatic carbocycles. The molecular formula is C29H52O. The average molecular weight is 417 g/mol. The van der Waals surface area contributed by atoms with E-state index in [-0.39, 0.29) is 0 Å². The summed E-state index contributed by atoms with van der Waals surface area (Å²) in [4.78, 5) is 11.7. The Balaban J connectivity index is 1.17. The maximum Gasteiger partial charge on any atom is 0.133 e. The van der Waals surface area contributed by atoms with Crippen LogP contribution in [0.5, 0.6) is 0 Å². The van der Waals surface area contributed by atoms with Gasteiger partial charge >= 0.3 is 0 Å². The van der Waals surface area contributed by atoms with Gasteiger partial charge in [0.2, 0.25) is 0 Å². The van der Waals surface area contributed by atoms with Gasteiger partial charge in [0.05, 0.1) is 0 Å². The van der Waals surface area contributed by atoms with Gasteiger partial charge in [0.1, 0.15) is 5.78 Å². The van der Waals surface area contributed by atoms with Crippen LogP contribution in [-0.2, 0) is 4.79 Å². The first-order valence-corrected chi connectivity index (χ1v) is 14.3. The Morgan fingerprint density at radius 1 is 0.600 bits per heavy atom. The molecule has 0 aromatic heterocycles. The minimum Gasteiger partial charge on any atom is -0.300 e. The smallest absolute Gasteiger partial charge is 0.133 e. The third-order valence-electron chi connectivity index (χ3n) is 9.20. The molecule has 3 atom stereocenters. The van der Waals surface area contributed by atoms with Gasteiger partial charge in [-0.05, 0) is 48.9 Å². The number of unbranched alkanes of at least 4 members (excludes halogenated alkanes) is 8. The first-order chi connectivity index (χ1) is 14.7. The molecule has 1 nitrogen and oxygen atoms in total. The summed E-state index contributed by atoms with van der Waals surface area (Å²) in [6.45, 7) is 2.31. The van der Waals surface area contributed by atoms with E-state index in [0.717, 1.165) is 42.4 Å². The van der Waals surface area contributed by atoms with Crippen LogP contribution in [0.3, 0.4) is 0 Å². The molecule has 3 aliphatic carbocycles. The largest absolute Gasteiger partial charge is 0.300 e. The molecule has 0 bridgehead atoms. The Kier molecular flexibility index (Phi) is 11.3. The highest BCUT2D eigenvalue weighted by atomic mass is 16.1. The molecule has 0 saturated heterocycles. The maximum atomic E-state index is 11.7. The van der Waals surface area contributed by atoms with Crippen LogP contribution in [0, 0.1) is 29.6 Å². The van der Waals surface area contributed by atoms with Crippen molar-refractivity contribution >= 4 is 5.78 Å². The van der Waals surface area contributed by atoms with Crippen molar-refractivity contribution in [3.63, 3.8) is 0 Å². The van der Waals surface area contributed by atoms with Gasteiger partial charge in [-0.3, -0.25) is 4.79 Å². The molecule has 1 heteroatoms. The van der Waals surface area contributed by atoms with E-state index >= 15 is 0 Å². The van der Waals surface area contributed by atoms with Gasteiger partial charge in [0.15, 0.2) is 0 Å². The lowest BCUT2D eigenvalue weighted by Gasteiger charge is -2.39. The summed E-state index contributed by atoms with van der Waals surface area (Å²) < 4.78 is 0. The molecule has 0 spiro atoms. The second kappa shape index (κ2) is 13.9. The number of hydrogen-bond donors (Lipinski definition) is 0. The Bertz CT molecular complexity index is 461. The van der Waals surface area contributed by atoms with Gasteiger partial charge < -0.3 is 0 Å². The topological polar surface area (TPSA) is 17.1 Å². The summed E-state index contributed by atoms with van der Waals surface area (Å²) in [5.41, 5.74) is 0. The molecule has 3 fully saturated rings. The number of ketones is 1. The molecule has 3 rings (SSSR count). The molecule has 3 saturated carbocycles. The molecule has 30 heavy (non-hydrogen) atoms. The summed E-state index contributed by atoms with van der Waals surface area (Å²) in [7, 11) is 0. The quantitative estimate of drug-likeness (QED) is 0.273. The van der Waals surface area contributed by atoms with Crippen LogP contribution < -0.4 is 0 Å². The number of Topliss-reactive ketones (excluding diaryl/α,β-unsaturated/α-hetero) is 1. The van der Waals surface area contributed by atoms with E-state index in [2.05, 4.69) is 6.92 Å². The molecule has 0 amide bonds. The molecule has 0 aliphatic heterocycles. The van der Waals surface area contributed by atoms with Gasteiger partial charge in [0, 0.05) is 12.8 Å². The van der Waals surface area contributed by atoms with E-state index < -0.39 is 0 Å². The molecule has 3 unspecified atom stereocenters. The van der Waals surface area contributed by atoms with E-state index in [9.17, 15) is 4.79 Å². The van der Waals surface area contributed by atoms with Crippen molar-refractivity contribution in [3.05, 3.63) is 0 Å². The lowest BCUT2D eigenvalue weighted by Crippen LogP contribution is -2.31. The van der Waals surface area contributed by atoms with Crippen LogP contribution in [-0.4, -0.2) is 5.78 Å². The summed E-state index contributed by atoms with van der Waals surface area (Å²) in [6.07, 6.45) is 31.0. The van der Waals surface area contributed by atoms with Crippen molar-refractivity contribution in [3.8, 4) is 0 Å². The molecule has 0 heterocycles. The van der Waals surface area contributed by atoms with Crippen molar-refractivity contribution < 1.29 is 4.79 Å². The van der Waals surface area contributed by atoms with Gasteiger partial charge in [-0.25, -0.2) is 0 Å². The van der Waals surface area contributed by atoms with Crippen LogP contribution in [0.4, 0.5) is 0 Å². The molecule has 0 aromatic rings. The van der Waals surface area contributed by atoms with E-state index in [1.165, 1.54) is 128 Å². The monoisotopic (exact) mass is 416 g/mol. The van der Waals surface area contributed by atoms with E-state index in [1.54, 1.807) is 0 Å². The Hall–Kier alpha value is -0.330. The fourth-order valence-corrected chi connectivity index (χ4v) is 7.07. The summed E-state index contributed by atoms with van der Waals surface area (Å²) in [5, 5.41) is 0. The van der Waals surface area contributed by atoms with Gasteiger partial charge in [-0.2, -0.15) is 0 Å². The second-order valence-corrected chi connectivity index (χ2v) is 11.6. The highest BCUT2D eigenvalue weighted by Gasteiger charge is 2.35. The van der Waals surface area contributed by atoms with Crippen LogP contribution in [0.1, 0.15) is 148 Å². The number of carbonyl (C=O) groups is 1. The molecule has 3 aliphatic rings. The Labute approximate surface area is 188 Å². The minimum absolute atomic E-state index is 0.550. The van der Waals surface area contributed by atoms with Gasteiger partial charge in [-0.15, -0.1) is 0 Å². The van der Waals surface area contributed by atoms with Gasteiger partial charge in [0.25, 0.3) is 0 Å². The average Bonchev–Trinajstić information content (AvgIpc) is 2.77. The molecule has 0 radical (unpaired) electrons. The van der Waals surface area contributed by atoms with Crippen molar-refractivity contribution in [2.24, 2.45) is 29.6 Å². The van der Waals surface area contributed by atoms with Crippen molar-refractivity contribution in [1.29, 1.82) is 0 Å².